The van der Waals surface area contributed by atoms with Gasteiger partial charge in [-0.05, 0) is 54.7 Å². The average molecular weight is 277 g/mol. The Kier molecular flexibility index (Phi) is 3.98. The quantitative estimate of drug-likeness (QED) is 0.775. The highest BCUT2D eigenvalue weighted by molar-refractivity contribution is 5.79. The minimum absolute atomic E-state index is 0.435. The van der Waals surface area contributed by atoms with Crippen molar-refractivity contribution in [3.05, 3.63) is 77.5 Å². The first-order valence-corrected chi connectivity index (χ1v) is 7.31. The first kappa shape index (κ1) is 13.8. The Labute approximate surface area is 125 Å². The zero-order valence-electron chi connectivity index (χ0n) is 12.2. The van der Waals surface area contributed by atoms with Crippen LogP contribution in [0.2, 0.25) is 0 Å². The van der Waals surface area contributed by atoms with Crippen molar-refractivity contribution in [2.75, 3.05) is 0 Å². The van der Waals surface area contributed by atoms with Crippen LogP contribution >= 0.6 is 0 Å². The fourth-order valence-electron chi connectivity index (χ4n) is 2.58. The molecule has 1 aromatic heterocycles. The van der Waals surface area contributed by atoms with Gasteiger partial charge in [-0.2, -0.15) is 0 Å². The summed E-state index contributed by atoms with van der Waals surface area (Å²) >= 11 is 0. The van der Waals surface area contributed by atoms with E-state index in [1.807, 2.05) is 49.5 Å². The zero-order valence-corrected chi connectivity index (χ0v) is 12.2. The molecule has 1 unspecified atom stereocenters. The van der Waals surface area contributed by atoms with Gasteiger partial charge in [-0.15, -0.1) is 0 Å². The molecule has 1 atom stereocenters. The van der Waals surface area contributed by atoms with Gasteiger partial charge < -0.3 is 5.11 Å². The summed E-state index contributed by atoms with van der Waals surface area (Å²) < 4.78 is 0. The SMILES string of the molecule is Cc1cnc2ccc(C(O)CCc3ccccc3)cc2c1. The number of aryl methyl sites for hydroxylation is 2. The lowest BCUT2D eigenvalue weighted by atomic mass is 9.99. The minimum atomic E-state index is -0.435. The number of hydrogen-bond donors (Lipinski definition) is 1. The van der Waals surface area contributed by atoms with E-state index >= 15 is 0 Å². The van der Waals surface area contributed by atoms with Crippen molar-refractivity contribution in [2.45, 2.75) is 25.9 Å². The third kappa shape index (κ3) is 3.29. The van der Waals surface area contributed by atoms with Gasteiger partial charge in [-0.25, -0.2) is 0 Å². The average Bonchev–Trinajstić information content (AvgIpc) is 2.53. The molecule has 0 aliphatic rings. The van der Waals surface area contributed by atoms with E-state index in [1.165, 1.54) is 5.56 Å². The molecule has 2 heteroatoms. The Hall–Kier alpha value is -2.19. The van der Waals surface area contributed by atoms with Crippen LogP contribution in [0.1, 0.15) is 29.2 Å². The largest absolute Gasteiger partial charge is 0.388 e. The molecule has 0 spiro atoms. The van der Waals surface area contributed by atoms with E-state index in [2.05, 4.69) is 23.2 Å². The molecule has 1 heterocycles. The Morgan fingerprint density at radius 2 is 1.86 bits per heavy atom. The van der Waals surface area contributed by atoms with Crippen molar-refractivity contribution in [1.29, 1.82) is 0 Å². The Morgan fingerprint density at radius 3 is 2.67 bits per heavy atom. The fraction of sp³-hybridized carbons (Fsp3) is 0.211. The van der Waals surface area contributed by atoms with Crippen molar-refractivity contribution >= 4 is 10.9 Å². The zero-order chi connectivity index (χ0) is 14.7. The molecule has 0 saturated heterocycles. The molecule has 106 valence electrons. The number of rotatable bonds is 4. The van der Waals surface area contributed by atoms with E-state index in [-0.39, 0.29) is 0 Å². The lowest BCUT2D eigenvalue weighted by molar-refractivity contribution is 0.168. The summed E-state index contributed by atoms with van der Waals surface area (Å²) in [5.41, 5.74) is 4.33. The summed E-state index contributed by atoms with van der Waals surface area (Å²) in [5.74, 6) is 0. The van der Waals surface area contributed by atoms with Crippen LogP contribution in [0.25, 0.3) is 10.9 Å². The van der Waals surface area contributed by atoms with Crippen molar-refractivity contribution in [3.63, 3.8) is 0 Å². The molecular formula is C19H19NO. The van der Waals surface area contributed by atoms with Crippen LogP contribution < -0.4 is 0 Å². The van der Waals surface area contributed by atoms with E-state index in [1.54, 1.807) is 0 Å². The summed E-state index contributed by atoms with van der Waals surface area (Å²) in [5, 5.41) is 11.5. The predicted molar refractivity (Wildman–Crippen MR) is 86.2 cm³/mol. The van der Waals surface area contributed by atoms with Crippen LogP contribution in [-0.2, 0) is 6.42 Å². The number of aliphatic hydroxyl groups excluding tert-OH is 1. The van der Waals surface area contributed by atoms with Gasteiger partial charge in [-0.1, -0.05) is 36.4 Å². The van der Waals surface area contributed by atoms with E-state index in [0.717, 1.165) is 34.9 Å². The second kappa shape index (κ2) is 6.06. The number of aromatic nitrogens is 1. The molecule has 21 heavy (non-hydrogen) atoms. The Balaban J connectivity index is 1.76. The van der Waals surface area contributed by atoms with Gasteiger partial charge in [0.15, 0.2) is 0 Å². The number of benzene rings is 2. The van der Waals surface area contributed by atoms with Crippen LogP contribution in [0.3, 0.4) is 0 Å². The van der Waals surface area contributed by atoms with Gasteiger partial charge in [0.05, 0.1) is 11.6 Å². The third-order valence-electron chi connectivity index (χ3n) is 3.78. The standard InChI is InChI=1S/C19H19NO/c1-14-11-17-12-16(8-9-18(17)20-13-14)19(21)10-7-15-5-3-2-4-6-15/h2-6,8-9,11-13,19,21H,7,10H2,1H3. The van der Waals surface area contributed by atoms with Crippen LogP contribution in [-0.4, -0.2) is 10.1 Å². The Morgan fingerprint density at radius 1 is 1.05 bits per heavy atom. The summed E-state index contributed by atoms with van der Waals surface area (Å²) in [6, 6.07) is 18.4. The number of hydrogen-bond acceptors (Lipinski definition) is 2. The molecule has 2 aromatic carbocycles. The normalized spacial score (nSPS) is 12.5. The first-order valence-electron chi connectivity index (χ1n) is 7.31. The van der Waals surface area contributed by atoms with Gasteiger partial charge in [0, 0.05) is 11.6 Å². The van der Waals surface area contributed by atoms with E-state index in [0.29, 0.717) is 0 Å². The predicted octanol–water partition coefficient (Wildman–Crippen LogP) is 4.21. The van der Waals surface area contributed by atoms with Gasteiger partial charge >= 0.3 is 0 Å². The molecule has 0 saturated carbocycles. The van der Waals surface area contributed by atoms with E-state index in [4.69, 9.17) is 0 Å². The highest BCUT2D eigenvalue weighted by atomic mass is 16.3. The molecule has 2 nitrogen and oxygen atoms in total. The number of pyridine rings is 1. The first-order chi connectivity index (χ1) is 10.2. The smallest absolute Gasteiger partial charge is 0.0793 e. The van der Waals surface area contributed by atoms with Gasteiger partial charge in [0.25, 0.3) is 0 Å². The van der Waals surface area contributed by atoms with Crippen LogP contribution in [0.4, 0.5) is 0 Å². The monoisotopic (exact) mass is 277 g/mol. The molecular weight excluding hydrogens is 258 g/mol. The van der Waals surface area contributed by atoms with E-state index < -0.39 is 6.10 Å². The maximum Gasteiger partial charge on any atom is 0.0793 e. The van der Waals surface area contributed by atoms with E-state index in [9.17, 15) is 5.11 Å². The summed E-state index contributed by atoms with van der Waals surface area (Å²) in [6.07, 6.45) is 3.05. The van der Waals surface area contributed by atoms with Crippen LogP contribution in [0.5, 0.6) is 0 Å². The van der Waals surface area contributed by atoms with Crippen LogP contribution in [0, 0.1) is 6.92 Å². The molecule has 0 bridgehead atoms. The topological polar surface area (TPSA) is 33.1 Å². The van der Waals surface area contributed by atoms with Gasteiger partial charge in [0.2, 0.25) is 0 Å². The molecule has 0 fully saturated rings. The van der Waals surface area contributed by atoms with Crippen molar-refractivity contribution in [1.82, 2.24) is 4.98 Å². The number of aliphatic hydroxyl groups is 1. The highest BCUT2D eigenvalue weighted by Gasteiger charge is 2.09. The molecule has 0 radical (unpaired) electrons. The third-order valence-corrected chi connectivity index (χ3v) is 3.78. The second-order valence-corrected chi connectivity index (χ2v) is 5.50. The maximum atomic E-state index is 10.4. The van der Waals surface area contributed by atoms with Gasteiger partial charge in [0.1, 0.15) is 0 Å². The molecule has 0 amide bonds. The lowest BCUT2D eigenvalue weighted by Crippen LogP contribution is -2.00. The van der Waals surface area contributed by atoms with Crippen LogP contribution in [0.15, 0.2) is 60.8 Å². The fourth-order valence-corrected chi connectivity index (χ4v) is 2.58. The molecule has 3 aromatic rings. The maximum absolute atomic E-state index is 10.4. The molecule has 0 aliphatic carbocycles. The molecule has 1 N–H and O–H groups in total. The number of fused-ring (bicyclic) bond motifs is 1. The summed E-state index contributed by atoms with van der Waals surface area (Å²) in [6.45, 7) is 2.03. The van der Waals surface area contributed by atoms with Crippen molar-refractivity contribution < 1.29 is 5.11 Å². The van der Waals surface area contributed by atoms with Gasteiger partial charge in [-0.3, -0.25) is 4.98 Å². The second-order valence-electron chi connectivity index (χ2n) is 5.50. The van der Waals surface area contributed by atoms with Crippen molar-refractivity contribution in [3.8, 4) is 0 Å². The lowest BCUT2D eigenvalue weighted by Gasteiger charge is -2.12. The summed E-state index contributed by atoms with van der Waals surface area (Å²) in [7, 11) is 0. The highest BCUT2D eigenvalue weighted by Crippen LogP contribution is 2.23. The minimum Gasteiger partial charge on any atom is -0.388 e. The Bertz CT molecular complexity index is 737. The summed E-state index contributed by atoms with van der Waals surface area (Å²) in [4.78, 5) is 4.39. The molecule has 0 aliphatic heterocycles. The number of nitrogens with zero attached hydrogens (tertiary/aromatic N) is 1. The molecule has 3 rings (SSSR count). The van der Waals surface area contributed by atoms with Crippen molar-refractivity contribution in [2.24, 2.45) is 0 Å².